The first-order valence-electron chi connectivity index (χ1n) is 9.22. The van der Waals surface area contributed by atoms with E-state index >= 15 is 0 Å². The number of aromatic amines is 1. The third kappa shape index (κ3) is 4.38. The molecular weight excluding hydrogens is 350 g/mol. The molecule has 140 valence electrons. The summed E-state index contributed by atoms with van der Waals surface area (Å²) in [6.45, 7) is -0.0418. The van der Waals surface area contributed by atoms with Gasteiger partial charge >= 0.3 is 0 Å². The number of benzene rings is 3. The topological polar surface area (TPSA) is 67.0 Å². The predicted octanol–water partition coefficient (Wildman–Crippen LogP) is 4.04. The highest BCUT2D eigenvalue weighted by molar-refractivity contribution is 5.84. The molecule has 4 rings (SSSR count). The average molecular weight is 371 g/mol. The molecule has 0 unspecified atom stereocenters. The molecule has 0 saturated carbocycles. The number of imidazole rings is 1. The monoisotopic (exact) mass is 371 g/mol. The van der Waals surface area contributed by atoms with Crippen molar-refractivity contribution >= 4 is 16.7 Å². The molecule has 0 fully saturated rings. The second kappa shape index (κ2) is 8.39. The molecule has 0 radical (unpaired) electrons. The molecule has 5 nitrogen and oxygen atoms in total. The fourth-order valence-electron chi connectivity index (χ4n) is 3.18. The van der Waals surface area contributed by atoms with Crippen LogP contribution < -0.4 is 10.1 Å². The van der Waals surface area contributed by atoms with E-state index < -0.39 is 0 Å². The van der Waals surface area contributed by atoms with Gasteiger partial charge in [-0.05, 0) is 28.5 Å². The number of amides is 1. The first-order chi connectivity index (χ1) is 13.8. The zero-order valence-corrected chi connectivity index (χ0v) is 15.3. The first-order valence-corrected chi connectivity index (χ1v) is 9.22. The SMILES string of the molecule is O=C(COc1ccc2ccccc2c1)N[C@@H](Cc1ncc[nH]1)c1ccccc1. The molecule has 28 heavy (non-hydrogen) atoms. The van der Waals surface area contributed by atoms with Crippen LogP contribution in [0, 0.1) is 0 Å². The number of fused-ring (bicyclic) bond motifs is 1. The molecule has 0 bridgehead atoms. The number of H-pyrrole nitrogens is 1. The predicted molar refractivity (Wildman–Crippen MR) is 109 cm³/mol. The molecule has 5 heteroatoms. The third-order valence-corrected chi connectivity index (χ3v) is 4.58. The molecule has 0 aliphatic rings. The summed E-state index contributed by atoms with van der Waals surface area (Å²) in [6.07, 6.45) is 4.07. The zero-order valence-electron chi connectivity index (χ0n) is 15.3. The van der Waals surface area contributed by atoms with E-state index in [-0.39, 0.29) is 18.6 Å². The van der Waals surface area contributed by atoms with Crippen LogP contribution in [0.1, 0.15) is 17.4 Å². The number of nitrogens with zero attached hydrogens (tertiary/aromatic N) is 1. The van der Waals surface area contributed by atoms with Crippen LogP contribution in [0.4, 0.5) is 0 Å². The van der Waals surface area contributed by atoms with E-state index in [0.29, 0.717) is 12.2 Å². The van der Waals surface area contributed by atoms with Gasteiger partial charge < -0.3 is 15.0 Å². The molecule has 0 aliphatic heterocycles. The molecule has 4 aromatic rings. The van der Waals surface area contributed by atoms with Crippen molar-refractivity contribution in [3.8, 4) is 5.75 Å². The second-order valence-electron chi connectivity index (χ2n) is 6.57. The Morgan fingerprint density at radius 2 is 1.79 bits per heavy atom. The molecule has 1 aromatic heterocycles. The van der Waals surface area contributed by atoms with Gasteiger partial charge in [0.1, 0.15) is 11.6 Å². The van der Waals surface area contributed by atoms with Gasteiger partial charge in [-0.1, -0.05) is 60.7 Å². The standard InChI is InChI=1S/C23H21N3O2/c27-23(16-28-20-11-10-17-6-4-5-9-19(17)14-20)26-21(15-22-24-12-13-25-22)18-7-2-1-3-8-18/h1-14,21H,15-16H2,(H,24,25)(H,26,27)/t21-/m0/s1. The van der Waals surface area contributed by atoms with E-state index in [9.17, 15) is 4.79 Å². The van der Waals surface area contributed by atoms with Crippen molar-refractivity contribution in [1.82, 2.24) is 15.3 Å². The van der Waals surface area contributed by atoms with Crippen LogP contribution >= 0.6 is 0 Å². The normalized spacial score (nSPS) is 11.9. The van der Waals surface area contributed by atoms with E-state index in [1.165, 1.54) is 0 Å². The highest BCUT2D eigenvalue weighted by Crippen LogP contribution is 2.21. The minimum Gasteiger partial charge on any atom is -0.484 e. The summed E-state index contributed by atoms with van der Waals surface area (Å²) in [5, 5.41) is 5.28. The summed E-state index contributed by atoms with van der Waals surface area (Å²) in [6, 6.07) is 23.6. The molecule has 3 aromatic carbocycles. The van der Waals surface area contributed by atoms with Gasteiger partial charge in [-0.25, -0.2) is 4.98 Å². The van der Waals surface area contributed by atoms with Crippen LogP contribution in [0.25, 0.3) is 10.8 Å². The van der Waals surface area contributed by atoms with Gasteiger partial charge in [-0.15, -0.1) is 0 Å². The summed E-state index contributed by atoms with van der Waals surface area (Å²) in [7, 11) is 0. The lowest BCUT2D eigenvalue weighted by atomic mass is 10.0. The van der Waals surface area contributed by atoms with Crippen molar-refractivity contribution < 1.29 is 9.53 Å². The summed E-state index contributed by atoms with van der Waals surface area (Å²) < 4.78 is 5.71. The van der Waals surface area contributed by atoms with Crippen LogP contribution in [0.15, 0.2) is 85.2 Å². The van der Waals surface area contributed by atoms with Crippen LogP contribution in [-0.4, -0.2) is 22.5 Å². The Hall–Kier alpha value is -3.60. The molecule has 1 heterocycles. The van der Waals surface area contributed by atoms with Crippen molar-refractivity contribution in [3.05, 3.63) is 96.6 Å². The Labute approximate surface area is 163 Å². The average Bonchev–Trinajstić information content (AvgIpc) is 3.25. The van der Waals surface area contributed by atoms with Gasteiger partial charge in [0.25, 0.3) is 5.91 Å². The number of carbonyl (C=O) groups excluding carboxylic acids is 1. The maximum atomic E-state index is 12.5. The third-order valence-electron chi connectivity index (χ3n) is 4.58. The lowest BCUT2D eigenvalue weighted by Gasteiger charge is -2.18. The van der Waals surface area contributed by atoms with E-state index in [1.54, 1.807) is 12.4 Å². The van der Waals surface area contributed by atoms with Crippen molar-refractivity contribution in [1.29, 1.82) is 0 Å². The van der Waals surface area contributed by atoms with Gasteiger partial charge in [-0.2, -0.15) is 0 Å². The van der Waals surface area contributed by atoms with E-state index in [4.69, 9.17) is 4.74 Å². The summed E-state index contributed by atoms with van der Waals surface area (Å²) in [4.78, 5) is 19.9. The van der Waals surface area contributed by atoms with Crippen LogP contribution in [0.3, 0.4) is 0 Å². The second-order valence-corrected chi connectivity index (χ2v) is 6.57. The maximum absolute atomic E-state index is 12.5. The Morgan fingerprint density at radius 3 is 2.57 bits per heavy atom. The van der Waals surface area contributed by atoms with Crippen LogP contribution in [-0.2, 0) is 11.2 Å². The Balaban J connectivity index is 1.42. The van der Waals surface area contributed by atoms with Crippen LogP contribution in [0.2, 0.25) is 0 Å². The Bertz CT molecular complexity index is 1050. The molecule has 0 spiro atoms. The van der Waals surface area contributed by atoms with Gasteiger partial charge in [0.05, 0.1) is 6.04 Å². The van der Waals surface area contributed by atoms with E-state index in [0.717, 1.165) is 22.2 Å². The number of carbonyl (C=O) groups is 1. The van der Waals surface area contributed by atoms with Crippen molar-refractivity contribution in [2.45, 2.75) is 12.5 Å². The summed E-state index contributed by atoms with van der Waals surface area (Å²) in [5.74, 6) is 1.33. The van der Waals surface area contributed by atoms with Gasteiger partial charge in [0, 0.05) is 18.8 Å². The van der Waals surface area contributed by atoms with Crippen LogP contribution in [0.5, 0.6) is 5.75 Å². The minimum atomic E-state index is -0.181. The van der Waals surface area contributed by atoms with Gasteiger partial charge in [-0.3, -0.25) is 4.79 Å². The summed E-state index contributed by atoms with van der Waals surface area (Å²) >= 11 is 0. The molecule has 1 amide bonds. The minimum absolute atomic E-state index is 0.0418. The quantitative estimate of drug-likeness (QED) is 0.515. The highest BCUT2D eigenvalue weighted by Gasteiger charge is 2.16. The number of hydrogen-bond donors (Lipinski definition) is 2. The zero-order chi connectivity index (χ0) is 19.2. The number of hydrogen-bond acceptors (Lipinski definition) is 3. The van der Waals surface area contributed by atoms with Crippen molar-refractivity contribution in [2.75, 3.05) is 6.61 Å². The highest BCUT2D eigenvalue weighted by atomic mass is 16.5. The smallest absolute Gasteiger partial charge is 0.258 e. The summed E-state index contributed by atoms with van der Waals surface area (Å²) in [5.41, 5.74) is 1.03. The maximum Gasteiger partial charge on any atom is 0.258 e. The number of rotatable bonds is 7. The van der Waals surface area contributed by atoms with Gasteiger partial charge in [0.15, 0.2) is 6.61 Å². The first kappa shape index (κ1) is 17.8. The Morgan fingerprint density at radius 1 is 1.00 bits per heavy atom. The van der Waals surface area contributed by atoms with Crippen molar-refractivity contribution in [3.63, 3.8) is 0 Å². The largest absolute Gasteiger partial charge is 0.484 e. The van der Waals surface area contributed by atoms with E-state index in [1.807, 2.05) is 72.8 Å². The van der Waals surface area contributed by atoms with Crippen molar-refractivity contribution in [2.24, 2.45) is 0 Å². The number of aromatic nitrogens is 2. The van der Waals surface area contributed by atoms with Gasteiger partial charge in [0.2, 0.25) is 0 Å². The molecule has 2 N–H and O–H groups in total. The van der Waals surface area contributed by atoms with E-state index in [2.05, 4.69) is 15.3 Å². The molecule has 0 aliphatic carbocycles. The number of nitrogens with one attached hydrogen (secondary N) is 2. The number of ether oxygens (including phenoxy) is 1. The lowest BCUT2D eigenvalue weighted by Crippen LogP contribution is -2.34. The molecule has 0 saturated heterocycles. The molecular formula is C23H21N3O2. The lowest BCUT2D eigenvalue weighted by molar-refractivity contribution is -0.123. The Kier molecular flexibility index (Phi) is 5.33. The fourth-order valence-corrected chi connectivity index (χ4v) is 3.18. The molecule has 1 atom stereocenters. The fraction of sp³-hybridized carbons (Fsp3) is 0.130.